The number of hydrogen-bond donors (Lipinski definition) is 2. The Kier molecular flexibility index (Phi) is 5.93. The lowest BCUT2D eigenvalue weighted by Crippen LogP contribution is -2.48. The van der Waals surface area contributed by atoms with Gasteiger partial charge >= 0.3 is 5.97 Å². The van der Waals surface area contributed by atoms with E-state index >= 15 is 0 Å². The minimum atomic E-state index is -0.877. The molecule has 1 aliphatic heterocycles. The lowest BCUT2D eigenvalue weighted by molar-refractivity contribution is -0.144. The van der Waals surface area contributed by atoms with E-state index in [1.807, 2.05) is 35.2 Å². The largest absolute Gasteiger partial charge is 0.480 e. The minimum Gasteiger partial charge on any atom is -0.480 e. The van der Waals surface area contributed by atoms with Crippen molar-refractivity contribution in [1.82, 2.24) is 19.8 Å². The summed E-state index contributed by atoms with van der Waals surface area (Å²) in [6.07, 6.45) is 3.55. The Morgan fingerprint density at radius 1 is 1.27 bits per heavy atom. The van der Waals surface area contributed by atoms with E-state index in [2.05, 4.69) is 14.9 Å². The fourth-order valence-corrected chi connectivity index (χ4v) is 3.94. The highest BCUT2D eigenvalue weighted by molar-refractivity contribution is 5.90. The van der Waals surface area contributed by atoms with Crippen LogP contribution in [0.5, 0.6) is 5.75 Å². The van der Waals surface area contributed by atoms with Crippen molar-refractivity contribution in [3.05, 3.63) is 60.0 Å². The summed E-state index contributed by atoms with van der Waals surface area (Å²) in [5.74, 6) is -0.327. The number of aromatic nitrogens is 2. The Labute approximate surface area is 174 Å². The molecular formula is C22H23N5O3. The first kappa shape index (κ1) is 19.9. The number of nitrogens with zero attached hydrogens (tertiary/aromatic N) is 4. The summed E-state index contributed by atoms with van der Waals surface area (Å²) in [4.78, 5) is 24.0. The van der Waals surface area contributed by atoms with Crippen LogP contribution in [-0.4, -0.2) is 63.6 Å². The van der Waals surface area contributed by atoms with Crippen LogP contribution >= 0.6 is 0 Å². The van der Waals surface area contributed by atoms with Gasteiger partial charge in [0.15, 0.2) is 6.61 Å². The molecule has 3 heterocycles. The number of benzene rings is 1. The molecule has 0 saturated carbocycles. The molecule has 8 nitrogen and oxygen atoms in total. The number of pyridine rings is 1. The average molecular weight is 405 g/mol. The summed E-state index contributed by atoms with van der Waals surface area (Å²) in [5.41, 5.74) is 2.56. The summed E-state index contributed by atoms with van der Waals surface area (Å²) in [5, 5.41) is 19.5. The van der Waals surface area contributed by atoms with E-state index in [1.165, 1.54) is 0 Å². The van der Waals surface area contributed by atoms with Crippen molar-refractivity contribution in [1.29, 1.82) is 5.26 Å². The zero-order chi connectivity index (χ0) is 20.9. The Hall–Kier alpha value is -3.41. The van der Waals surface area contributed by atoms with Gasteiger partial charge < -0.3 is 14.8 Å². The first-order chi connectivity index (χ1) is 14.7. The van der Waals surface area contributed by atoms with E-state index in [0.717, 1.165) is 36.2 Å². The van der Waals surface area contributed by atoms with Gasteiger partial charge in [0.1, 0.15) is 17.9 Å². The van der Waals surface area contributed by atoms with Crippen LogP contribution in [0.15, 0.2) is 48.8 Å². The van der Waals surface area contributed by atoms with E-state index in [0.29, 0.717) is 24.4 Å². The molecule has 0 bridgehead atoms. The van der Waals surface area contributed by atoms with E-state index in [9.17, 15) is 9.90 Å². The number of nitriles is 1. The van der Waals surface area contributed by atoms with Crippen molar-refractivity contribution in [2.24, 2.45) is 0 Å². The van der Waals surface area contributed by atoms with E-state index in [4.69, 9.17) is 10.00 Å². The van der Waals surface area contributed by atoms with Gasteiger partial charge in [0.2, 0.25) is 0 Å². The van der Waals surface area contributed by atoms with E-state index in [-0.39, 0.29) is 6.61 Å². The van der Waals surface area contributed by atoms with Crippen molar-refractivity contribution in [2.75, 3.05) is 32.8 Å². The molecule has 1 unspecified atom stereocenters. The summed E-state index contributed by atoms with van der Waals surface area (Å²) in [7, 11) is 0. The van der Waals surface area contributed by atoms with Gasteiger partial charge in [-0.15, -0.1) is 0 Å². The van der Waals surface area contributed by atoms with Crippen molar-refractivity contribution < 1.29 is 14.6 Å². The van der Waals surface area contributed by atoms with Gasteiger partial charge in [-0.1, -0.05) is 6.07 Å². The lowest BCUT2D eigenvalue weighted by Gasteiger charge is -2.37. The lowest BCUT2D eigenvalue weighted by atomic mass is 10.0. The summed E-state index contributed by atoms with van der Waals surface area (Å²) < 4.78 is 5.40. The Balaban J connectivity index is 1.51. The number of H-pyrrole nitrogens is 1. The van der Waals surface area contributed by atoms with Crippen LogP contribution in [-0.2, 0) is 11.3 Å². The molecule has 2 N–H and O–H groups in total. The number of hydrogen-bond acceptors (Lipinski definition) is 6. The summed E-state index contributed by atoms with van der Waals surface area (Å²) in [6.45, 7) is 3.58. The normalized spacial score (nSPS) is 16.2. The molecule has 1 saturated heterocycles. The van der Waals surface area contributed by atoms with Crippen LogP contribution < -0.4 is 4.74 Å². The molecule has 8 heteroatoms. The number of fused-ring (bicyclic) bond motifs is 1. The second kappa shape index (κ2) is 8.95. The third kappa shape index (κ3) is 4.27. The van der Waals surface area contributed by atoms with Crippen LogP contribution in [0.1, 0.15) is 17.3 Å². The fraction of sp³-hybridized carbons (Fsp3) is 0.318. The zero-order valence-electron chi connectivity index (χ0n) is 16.5. The molecule has 2 aromatic heterocycles. The molecule has 1 atom stereocenters. The second-order valence-corrected chi connectivity index (χ2v) is 7.27. The van der Waals surface area contributed by atoms with Crippen molar-refractivity contribution in [2.45, 2.75) is 12.6 Å². The molecule has 30 heavy (non-hydrogen) atoms. The Morgan fingerprint density at radius 3 is 2.80 bits per heavy atom. The third-order valence-electron chi connectivity index (χ3n) is 5.40. The number of ether oxygens (including phenoxy) is 1. The second-order valence-electron chi connectivity index (χ2n) is 7.27. The monoisotopic (exact) mass is 405 g/mol. The minimum absolute atomic E-state index is 0.0497. The molecule has 3 aromatic rings. The Bertz CT molecular complexity index is 1050. The topological polar surface area (TPSA) is 105 Å². The van der Waals surface area contributed by atoms with Gasteiger partial charge in [0.25, 0.3) is 0 Å². The first-order valence-corrected chi connectivity index (χ1v) is 9.85. The van der Waals surface area contributed by atoms with Crippen molar-refractivity contribution >= 4 is 16.9 Å². The van der Waals surface area contributed by atoms with E-state index in [1.54, 1.807) is 24.5 Å². The highest BCUT2D eigenvalue weighted by atomic mass is 16.5. The SMILES string of the molecule is N#CCOc1ccc2[nH]cc(C(C(=O)O)N3CCN(Cc4ccccn4)CC3)c2c1. The quantitative estimate of drug-likeness (QED) is 0.622. The van der Waals surface area contributed by atoms with Crippen molar-refractivity contribution in [3.63, 3.8) is 0 Å². The Morgan fingerprint density at radius 2 is 2.10 bits per heavy atom. The number of piperazine rings is 1. The smallest absolute Gasteiger partial charge is 0.325 e. The maximum absolute atomic E-state index is 12.2. The predicted octanol–water partition coefficient (Wildman–Crippen LogP) is 2.41. The molecule has 1 aliphatic rings. The van der Waals surface area contributed by atoms with Gasteiger partial charge in [-0.2, -0.15) is 5.26 Å². The summed E-state index contributed by atoms with van der Waals surface area (Å²) in [6, 6.07) is 12.5. The van der Waals surface area contributed by atoms with Gasteiger partial charge in [-0.3, -0.25) is 19.6 Å². The van der Waals surface area contributed by atoms with Gasteiger partial charge in [-0.25, -0.2) is 0 Å². The van der Waals surface area contributed by atoms with Crippen LogP contribution in [0.4, 0.5) is 0 Å². The highest BCUT2D eigenvalue weighted by Crippen LogP contribution is 2.32. The van der Waals surface area contributed by atoms with Gasteiger partial charge in [0, 0.05) is 61.6 Å². The zero-order valence-corrected chi connectivity index (χ0v) is 16.5. The van der Waals surface area contributed by atoms with Crippen LogP contribution in [0.25, 0.3) is 10.9 Å². The van der Waals surface area contributed by atoms with Crippen LogP contribution in [0, 0.1) is 11.3 Å². The molecule has 0 spiro atoms. The molecule has 1 aromatic carbocycles. The maximum atomic E-state index is 12.2. The molecule has 0 aliphatic carbocycles. The van der Waals surface area contributed by atoms with Crippen LogP contribution in [0.2, 0.25) is 0 Å². The first-order valence-electron chi connectivity index (χ1n) is 9.85. The van der Waals surface area contributed by atoms with Crippen molar-refractivity contribution in [3.8, 4) is 11.8 Å². The van der Waals surface area contributed by atoms with Gasteiger partial charge in [-0.05, 0) is 30.3 Å². The molecule has 1 fully saturated rings. The number of carboxylic acid groups (broad SMARTS) is 1. The average Bonchev–Trinajstić information content (AvgIpc) is 3.17. The maximum Gasteiger partial charge on any atom is 0.325 e. The standard InChI is InChI=1S/C22H23N5O3/c23-6-12-30-17-4-5-20-18(13-17)19(14-25-20)21(22(28)29)27-10-8-26(9-11-27)15-16-3-1-2-7-24-16/h1-5,7,13-14,21,25H,8-12,15H2,(H,28,29). The molecule has 154 valence electrons. The number of carbonyl (C=O) groups is 1. The molecule has 4 rings (SSSR count). The van der Waals surface area contributed by atoms with Crippen LogP contribution in [0.3, 0.4) is 0 Å². The number of aliphatic carboxylic acids is 1. The van der Waals surface area contributed by atoms with Gasteiger partial charge in [0.05, 0.1) is 5.69 Å². The number of nitrogens with one attached hydrogen (secondary N) is 1. The van der Waals surface area contributed by atoms with E-state index < -0.39 is 12.0 Å². The predicted molar refractivity (Wildman–Crippen MR) is 111 cm³/mol. The third-order valence-corrected chi connectivity index (χ3v) is 5.40. The summed E-state index contributed by atoms with van der Waals surface area (Å²) >= 11 is 0. The molecular weight excluding hydrogens is 382 g/mol. The fourth-order valence-electron chi connectivity index (χ4n) is 3.94. The number of rotatable bonds is 7. The number of carboxylic acids is 1. The molecule has 0 radical (unpaired) electrons. The number of aromatic amines is 1. The highest BCUT2D eigenvalue weighted by Gasteiger charge is 2.32. The molecule has 0 amide bonds.